The standard InChI is InChI=1S/C12H12FN3O4S/c1-16(7-8-3-2-4-9(13)5-8)21(19,20)10-6-14-12(18)15-11(10)17/h2-6H,7H2,1H3,(H2,14,15,17,18). The molecule has 1 aromatic carbocycles. The van der Waals surface area contributed by atoms with Gasteiger partial charge in [-0.05, 0) is 17.7 Å². The van der Waals surface area contributed by atoms with E-state index in [0.717, 1.165) is 10.5 Å². The van der Waals surface area contributed by atoms with E-state index in [1.54, 1.807) is 6.07 Å². The van der Waals surface area contributed by atoms with E-state index in [9.17, 15) is 22.4 Å². The summed E-state index contributed by atoms with van der Waals surface area (Å²) in [6, 6.07) is 5.46. The molecule has 1 aromatic heterocycles. The third kappa shape index (κ3) is 3.26. The van der Waals surface area contributed by atoms with E-state index < -0.39 is 32.0 Å². The van der Waals surface area contributed by atoms with E-state index in [1.807, 2.05) is 4.98 Å². The lowest BCUT2D eigenvalue weighted by molar-refractivity contribution is 0.464. The van der Waals surface area contributed by atoms with Gasteiger partial charge in [0.15, 0.2) is 4.90 Å². The average Bonchev–Trinajstić information content (AvgIpc) is 2.38. The first-order valence-electron chi connectivity index (χ1n) is 5.83. The minimum Gasteiger partial charge on any atom is -0.313 e. The van der Waals surface area contributed by atoms with Crippen molar-refractivity contribution < 1.29 is 12.8 Å². The molecular formula is C12H12FN3O4S. The normalized spacial score (nSPS) is 11.8. The average molecular weight is 313 g/mol. The highest BCUT2D eigenvalue weighted by atomic mass is 32.2. The zero-order valence-electron chi connectivity index (χ0n) is 11.0. The summed E-state index contributed by atoms with van der Waals surface area (Å²) in [6.07, 6.45) is 0.832. The highest BCUT2D eigenvalue weighted by Gasteiger charge is 2.24. The molecule has 0 saturated carbocycles. The molecule has 1 heterocycles. The number of nitrogens with one attached hydrogen (secondary N) is 2. The summed E-state index contributed by atoms with van der Waals surface area (Å²) in [6.45, 7) is -0.112. The Morgan fingerprint density at radius 3 is 2.62 bits per heavy atom. The fourth-order valence-electron chi connectivity index (χ4n) is 1.73. The Balaban J connectivity index is 2.35. The van der Waals surface area contributed by atoms with Gasteiger partial charge in [0.1, 0.15) is 5.82 Å². The van der Waals surface area contributed by atoms with Gasteiger partial charge in [0.2, 0.25) is 10.0 Å². The Morgan fingerprint density at radius 2 is 2.00 bits per heavy atom. The van der Waals surface area contributed by atoms with Crippen molar-refractivity contribution in [3.8, 4) is 0 Å². The summed E-state index contributed by atoms with van der Waals surface area (Å²) in [4.78, 5) is 25.8. The lowest BCUT2D eigenvalue weighted by Gasteiger charge is -2.16. The van der Waals surface area contributed by atoms with Crippen LogP contribution in [-0.4, -0.2) is 29.7 Å². The summed E-state index contributed by atoms with van der Waals surface area (Å²) in [5.41, 5.74) is -1.38. The molecule has 0 radical (unpaired) electrons. The molecule has 21 heavy (non-hydrogen) atoms. The number of halogens is 1. The quantitative estimate of drug-likeness (QED) is 0.830. The summed E-state index contributed by atoms with van der Waals surface area (Å²) >= 11 is 0. The second-order valence-electron chi connectivity index (χ2n) is 4.33. The van der Waals surface area contributed by atoms with Crippen molar-refractivity contribution in [2.75, 3.05) is 7.05 Å². The molecule has 112 valence electrons. The van der Waals surface area contributed by atoms with E-state index in [-0.39, 0.29) is 6.54 Å². The van der Waals surface area contributed by atoms with E-state index >= 15 is 0 Å². The maximum absolute atomic E-state index is 13.1. The number of hydrogen-bond acceptors (Lipinski definition) is 4. The van der Waals surface area contributed by atoms with Gasteiger partial charge >= 0.3 is 5.69 Å². The molecule has 2 N–H and O–H groups in total. The second kappa shape index (κ2) is 5.62. The molecule has 0 spiro atoms. The van der Waals surface area contributed by atoms with Crippen molar-refractivity contribution in [1.82, 2.24) is 14.3 Å². The number of nitrogens with zero attached hydrogens (tertiary/aromatic N) is 1. The van der Waals surface area contributed by atoms with Crippen LogP contribution < -0.4 is 11.2 Å². The third-order valence-corrected chi connectivity index (χ3v) is 4.58. The van der Waals surface area contributed by atoms with Gasteiger partial charge in [-0.15, -0.1) is 0 Å². The first kappa shape index (κ1) is 15.1. The number of hydrogen-bond donors (Lipinski definition) is 2. The SMILES string of the molecule is CN(Cc1cccc(F)c1)S(=O)(=O)c1c[nH]c(=O)[nH]c1=O. The molecule has 2 rings (SSSR count). The Morgan fingerprint density at radius 1 is 1.29 bits per heavy atom. The van der Waals surface area contributed by atoms with E-state index in [4.69, 9.17) is 0 Å². The van der Waals surface area contributed by atoms with Gasteiger partial charge < -0.3 is 4.98 Å². The van der Waals surface area contributed by atoms with Gasteiger partial charge in [0.25, 0.3) is 5.56 Å². The molecule has 0 aliphatic heterocycles. The van der Waals surface area contributed by atoms with Gasteiger partial charge in [-0.25, -0.2) is 17.6 Å². The number of aromatic nitrogens is 2. The van der Waals surface area contributed by atoms with Crippen LogP contribution in [0.5, 0.6) is 0 Å². The highest BCUT2D eigenvalue weighted by Crippen LogP contribution is 2.13. The van der Waals surface area contributed by atoms with Crippen LogP contribution >= 0.6 is 0 Å². The van der Waals surface area contributed by atoms with Gasteiger partial charge in [-0.1, -0.05) is 12.1 Å². The molecule has 0 unspecified atom stereocenters. The minimum absolute atomic E-state index is 0.112. The lowest BCUT2D eigenvalue weighted by atomic mass is 10.2. The molecule has 0 aliphatic rings. The fraction of sp³-hybridized carbons (Fsp3) is 0.167. The van der Waals surface area contributed by atoms with Crippen LogP contribution in [0.1, 0.15) is 5.56 Å². The third-order valence-electron chi connectivity index (χ3n) is 2.77. The maximum atomic E-state index is 13.1. The van der Waals surface area contributed by atoms with Crippen molar-refractivity contribution in [2.24, 2.45) is 0 Å². The summed E-state index contributed by atoms with van der Waals surface area (Å²) in [7, 11) is -2.85. The van der Waals surface area contributed by atoms with Crippen LogP contribution in [0.3, 0.4) is 0 Å². The van der Waals surface area contributed by atoms with Crippen LogP contribution in [0.4, 0.5) is 4.39 Å². The predicted octanol–water partition coefficient (Wildman–Crippen LogP) is 0.0230. The van der Waals surface area contributed by atoms with Crippen LogP contribution in [0, 0.1) is 5.82 Å². The number of rotatable bonds is 4. The van der Waals surface area contributed by atoms with Crippen LogP contribution in [0.2, 0.25) is 0 Å². The minimum atomic E-state index is -4.10. The summed E-state index contributed by atoms with van der Waals surface area (Å²) in [5, 5.41) is 0. The highest BCUT2D eigenvalue weighted by molar-refractivity contribution is 7.89. The predicted molar refractivity (Wildman–Crippen MR) is 72.7 cm³/mol. The molecule has 0 aliphatic carbocycles. The zero-order chi connectivity index (χ0) is 15.6. The van der Waals surface area contributed by atoms with Crippen molar-refractivity contribution >= 4 is 10.0 Å². The number of benzene rings is 1. The Kier molecular flexibility index (Phi) is 4.05. The second-order valence-corrected chi connectivity index (χ2v) is 6.34. The van der Waals surface area contributed by atoms with Gasteiger partial charge in [0.05, 0.1) is 0 Å². The molecule has 0 bridgehead atoms. The molecule has 7 nitrogen and oxygen atoms in total. The molecular weight excluding hydrogens is 301 g/mol. The van der Waals surface area contributed by atoms with E-state index in [2.05, 4.69) is 4.98 Å². The fourth-order valence-corrected chi connectivity index (χ4v) is 2.88. The van der Waals surface area contributed by atoms with Crippen molar-refractivity contribution in [3.05, 3.63) is 62.7 Å². The first-order valence-corrected chi connectivity index (χ1v) is 7.27. The number of aromatic amines is 2. The Bertz CT molecular complexity index is 872. The van der Waals surface area contributed by atoms with Crippen molar-refractivity contribution in [3.63, 3.8) is 0 Å². The molecule has 2 aromatic rings. The van der Waals surface area contributed by atoms with Gasteiger partial charge in [-0.3, -0.25) is 9.78 Å². The van der Waals surface area contributed by atoms with Gasteiger partial charge in [0, 0.05) is 19.8 Å². The summed E-state index contributed by atoms with van der Waals surface area (Å²) < 4.78 is 38.5. The number of sulfonamides is 1. The van der Waals surface area contributed by atoms with E-state index in [0.29, 0.717) is 5.56 Å². The first-order chi connectivity index (χ1) is 9.80. The number of H-pyrrole nitrogens is 2. The molecule has 0 fully saturated rings. The topological polar surface area (TPSA) is 103 Å². The Labute approximate surface area is 119 Å². The molecule has 0 saturated heterocycles. The zero-order valence-corrected chi connectivity index (χ0v) is 11.8. The van der Waals surface area contributed by atoms with Crippen molar-refractivity contribution in [1.29, 1.82) is 0 Å². The van der Waals surface area contributed by atoms with Crippen LogP contribution in [0.25, 0.3) is 0 Å². The van der Waals surface area contributed by atoms with Crippen LogP contribution in [0.15, 0.2) is 44.9 Å². The summed E-state index contributed by atoms with van der Waals surface area (Å²) in [5.74, 6) is -0.486. The molecule has 0 atom stereocenters. The Hall–Kier alpha value is -2.26. The van der Waals surface area contributed by atoms with Gasteiger partial charge in [-0.2, -0.15) is 4.31 Å². The molecule has 0 amide bonds. The largest absolute Gasteiger partial charge is 0.325 e. The van der Waals surface area contributed by atoms with E-state index in [1.165, 1.54) is 25.2 Å². The monoisotopic (exact) mass is 313 g/mol. The smallest absolute Gasteiger partial charge is 0.313 e. The maximum Gasteiger partial charge on any atom is 0.325 e. The molecule has 9 heteroatoms. The van der Waals surface area contributed by atoms with Crippen LogP contribution in [-0.2, 0) is 16.6 Å². The lowest BCUT2D eigenvalue weighted by Crippen LogP contribution is -2.34. The van der Waals surface area contributed by atoms with Crippen molar-refractivity contribution in [2.45, 2.75) is 11.4 Å².